The zero-order chi connectivity index (χ0) is 15.0. The first-order valence-electron chi connectivity index (χ1n) is 6.18. The highest BCUT2D eigenvalue weighted by Gasteiger charge is 2.49. The summed E-state index contributed by atoms with van der Waals surface area (Å²) in [5.41, 5.74) is -0.712. The molecule has 0 aliphatic carbocycles. The van der Waals surface area contributed by atoms with Crippen LogP contribution < -0.4 is 10.6 Å². The van der Waals surface area contributed by atoms with Crippen molar-refractivity contribution in [3.63, 3.8) is 0 Å². The van der Waals surface area contributed by atoms with Crippen LogP contribution in [-0.4, -0.2) is 11.9 Å². The van der Waals surface area contributed by atoms with E-state index in [1.807, 2.05) is 0 Å². The van der Waals surface area contributed by atoms with Crippen LogP contribution in [0.15, 0.2) is 48.5 Å². The van der Waals surface area contributed by atoms with E-state index in [1.165, 1.54) is 48.5 Å². The summed E-state index contributed by atoms with van der Waals surface area (Å²) in [6, 6.07) is 9.74. The summed E-state index contributed by atoms with van der Waals surface area (Å²) in [7, 11) is 0. The molecule has 1 aliphatic heterocycles. The third-order valence-corrected chi connectivity index (χ3v) is 3.42. The Morgan fingerprint density at radius 3 is 1.52 bits per heavy atom. The van der Waals surface area contributed by atoms with Crippen molar-refractivity contribution >= 4 is 11.9 Å². The fourth-order valence-corrected chi connectivity index (χ4v) is 2.43. The van der Waals surface area contributed by atoms with Crippen molar-refractivity contribution in [3.05, 3.63) is 71.3 Å². The van der Waals surface area contributed by atoms with E-state index < -0.39 is 29.1 Å². The van der Waals surface area contributed by atoms with Crippen molar-refractivity contribution in [2.75, 3.05) is 0 Å². The molecule has 6 heteroatoms. The van der Waals surface area contributed by atoms with Crippen LogP contribution in [-0.2, 0) is 10.3 Å². The van der Waals surface area contributed by atoms with Gasteiger partial charge in [0.15, 0.2) is 5.54 Å². The van der Waals surface area contributed by atoms with Gasteiger partial charge in [0.2, 0.25) is 0 Å². The Labute approximate surface area is 118 Å². The normalized spacial score (nSPS) is 16.5. The number of imide groups is 1. The van der Waals surface area contributed by atoms with E-state index in [4.69, 9.17) is 0 Å². The molecule has 0 bridgehead atoms. The van der Waals surface area contributed by atoms with Gasteiger partial charge in [-0.15, -0.1) is 0 Å². The van der Waals surface area contributed by atoms with Gasteiger partial charge in [0, 0.05) is 0 Å². The van der Waals surface area contributed by atoms with E-state index in [0.717, 1.165) is 0 Å². The molecule has 1 heterocycles. The van der Waals surface area contributed by atoms with Gasteiger partial charge in [-0.05, 0) is 35.4 Å². The molecule has 106 valence electrons. The van der Waals surface area contributed by atoms with Gasteiger partial charge in [0.25, 0.3) is 5.91 Å². The van der Waals surface area contributed by atoms with Crippen molar-refractivity contribution < 1.29 is 18.4 Å². The summed E-state index contributed by atoms with van der Waals surface area (Å²) in [4.78, 5) is 23.9. The Kier molecular flexibility index (Phi) is 2.94. The monoisotopic (exact) mass is 288 g/mol. The van der Waals surface area contributed by atoms with E-state index in [9.17, 15) is 18.4 Å². The number of nitrogens with one attached hydrogen (secondary N) is 2. The van der Waals surface area contributed by atoms with Gasteiger partial charge in [-0.3, -0.25) is 10.1 Å². The van der Waals surface area contributed by atoms with Gasteiger partial charge >= 0.3 is 6.03 Å². The number of hydrogen-bond donors (Lipinski definition) is 2. The second-order valence-corrected chi connectivity index (χ2v) is 4.67. The van der Waals surface area contributed by atoms with E-state index in [2.05, 4.69) is 10.6 Å². The second kappa shape index (κ2) is 4.66. The average Bonchev–Trinajstić information content (AvgIpc) is 2.76. The Balaban J connectivity index is 2.20. The van der Waals surface area contributed by atoms with Crippen molar-refractivity contribution in [2.24, 2.45) is 0 Å². The van der Waals surface area contributed by atoms with Crippen LogP contribution in [0.4, 0.5) is 13.6 Å². The van der Waals surface area contributed by atoms with Gasteiger partial charge in [-0.1, -0.05) is 24.3 Å². The van der Waals surface area contributed by atoms with Crippen molar-refractivity contribution in [3.8, 4) is 0 Å². The third-order valence-electron chi connectivity index (χ3n) is 3.42. The number of carbonyl (C=O) groups is 2. The van der Waals surface area contributed by atoms with Gasteiger partial charge in [0.05, 0.1) is 0 Å². The molecule has 4 nitrogen and oxygen atoms in total. The second-order valence-electron chi connectivity index (χ2n) is 4.67. The molecule has 1 aliphatic rings. The zero-order valence-electron chi connectivity index (χ0n) is 10.7. The molecule has 1 fully saturated rings. The lowest BCUT2D eigenvalue weighted by Crippen LogP contribution is -2.44. The predicted octanol–water partition coefficient (Wildman–Crippen LogP) is 2.05. The third kappa shape index (κ3) is 2.05. The van der Waals surface area contributed by atoms with Gasteiger partial charge < -0.3 is 5.32 Å². The first-order chi connectivity index (χ1) is 10.0. The lowest BCUT2D eigenvalue weighted by atomic mass is 9.83. The largest absolute Gasteiger partial charge is 0.322 e. The van der Waals surface area contributed by atoms with E-state index >= 15 is 0 Å². The molecule has 0 atom stereocenters. The summed E-state index contributed by atoms with van der Waals surface area (Å²) >= 11 is 0. The highest BCUT2D eigenvalue weighted by molar-refractivity contribution is 6.09. The summed E-state index contributed by atoms with van der Waals surface area (Å²) < 4.78 is 26.2. The Morgan fingerprint density at radius 2 is 1.19 bits per heavy atom. The van der Waals surface area contributed by atoms with Gasteiger partial charge in [0.1, 0.15) is 11.6 Å². The molecular formula is C15H10F2N2O2. The number of halogens is 2. The van der Waals surface area contributed by atoms with Gasteiger partial charge in [-0.2, -0.15) is 0 Å². The smallest absolute Gasteiger partial charge is 0.316 e. The summed E-state index contributed by atoms with van der Waals surface area (Å²) in [6.45, 7) is 0. The molecule has 3 amide bonds. The fourth-order valence-electron chi connectivity index (χ4n) is 2.43. The molecule has 2 aromatic rings. The molecule has 0 saturated carbocycles. The molecule has 0 unspecified atom stereocenters. The average molecular weight is 288 g/mol. The maximum absolute atomic E-state index is 13.1. The molecule has 2 N–H and O–H groups in total. The van der Waals surface area contributed by atoms with Crippen LogP contribution in [0.2, 0.25) is 0 Å². The lowest BCUT2D eigenvalue weighted by Gasteiger charge is -2.27. The quantitative estimate of drug-likeness (QED) is 0.831. The van der Waals surface area contributed by atoms with E-state index in [-0.39, 0.29) is 0 Å². The molecule has 21 heavy (non-hydrogen) atoms. The fraction of sp³-hybridized carbons (Fsp3) is 0.0667. The number of benzene rings is 2. The maximum atomic E-state index is 13.1. The molecular weight excluding hydrogens is 278 g/mol. The number of carbonyl (C=O) groups excluding carboxylic acids is 2. The number of rotatable bonds is 2. The molecule has 3 rings (SSSR count). The minimum atomic E-state index is -1.49. The van der Waals surface area contributed by atoms with Crippen LogP contribution in [0.5, 0.6) is 0 Å². The van der Waals surface area contributed by atoms with Crippen LogP contribution in [0.1, 0.15) is 11.1 Å². The zero-order valence-corrected chi connectivity index (χ0v) is 10.7. The number of urea groups is 1. The van der Waals surface area contributed by atoms with Crippen molar-refractivity contribution in [2.45, 2.75) is 5.54 Å². The molecule has 0 aromatic heterocycles. The van der Waals surface area contributed by atoms with Crippen molar-refractivity contribution in [1.82, 2.24) is 10.6 Å². The number of hydrogen-bond acceptors (Lipinski definition) is 2. The first kappa shape index (κ1) is 13.2. The molecule has 1 saturated heterocycles. The SMILES string of the molecule is O=C1NC(=O)C(c2ccc(F)cc2)(c2ccc(F)cc2)N1. The van der Waals surface area contributed by atoms with Gasteiger partial charge in [-0.25, -0.2) is 13.6 Å². The highest BCUT2D eigenvalue weighted by Crippen LogP contribution is 2.32. The Morgan fingerprint density at radius 1 is 0.762 bits per heavy atom. The summed E-state index contributed by atoms with van der Waals surface area (Å²) in [6.07, 6.45) is 0. The van der Waals surface area contributed by atoms with Crippen LogP contribution in [0.25, 0.3) is 0 Å². The van der Waals surface area contributed by atoms with E-state index in [1.54, 1.807) is 0 Å². The van der Waals surface area contributed by atoms with Crippen LogP contribution >= 0.6 is 0 Å². The molecule has 0 spiro atoms. The predicted molar refractivity (Wildman–Crippen MR) is 70.3 cm³/mol. The summed E-state index contributed by atoms with van der Waals surface area (Å²) in [5.74, 6) is -1.51. The molecule has 0 radical (unpaired) electrons. The Bertz CT molecular complexity index is 666. The lowest BCUT2D eigenvalue weighted by molar-refractivity contribution is -0.122. The first-order valence-corrected chi connectivity index (χ1v) is 6.18. The van der Waals surface area contributed by atoms with Crippen molar-refractivity contribution in [1.29, 1.82) is 0 Å². The number of amides is 3. The standard InChI is InChI=1S/C15H10F2N2O2/c16-11-5-1-9(2-6-11)15(13(20)18-14(21)19-15)10-3-7-12(17)8-4-10/h1-8H,(H2,18,19,20,21). The van der Waals surface area contributed by atoms with Crippen LogP contribution in [0.3, 0.4) is 0 Å². The highest BCUT2D eigenvalue weighted by atomic mass is 19.1. The topological polar surface area (TPSA) is 58.2 Å². The minimum Gasteiger partial charge on any atom is -0.316 e. The van der Waals surface area contributed by atoms with Crippen LogP contribution in [0, 0.1) is 11.6 Å². The summed E-state index contributed by atoms with van der Waals surface area (Å²) in [5, 5.41) is 4.70. The molecule has 2 aromatic carbocycles. The minimum absolute atomic E-state index is 0.388. The Hall–Kier alpha value is -2.76. The maximum Gasteiger partial charge on any atom is 0.322 e. The van der Waals surface area contributed by atoms with E-state index in [0.29, 0.717) is 11.1 Å².